The normalized spacial score (nSPS) is 17.1. The van der Waals surface area contributed by atoms with Gasteiger partial charge in [-0.25, -0.2) is 0 Å². The van der Waals surface area contributed by atoms with E-state index in [4.69, 9.17) is 0 Å². The third-order valence-electron chi connectivity index (χ3n) is 3.12. The number of likely N-dealkylation sites (N-methyl/N-ethyl adjacent to an activating group) is 1. The number of nitrogens with zero attached hydrogens (tertiary/aromatic N) is 1. The van der Waals surface area contributed by atoms with Crippen molar-refractivity contribution in [3.63, 3.8) is 0 Å². The molecule has 0 bridgehead atoms. The Morgan fingerprint density at radius 2 is 1.82 bits per heavy atom. The summed E-state index contributed by atoms with van der Waals surface area (Å²) in [5, 5.41) is 0. The molecular weight excluding hydrogens is 214 g/mol. The highest BCUT2D eigenvalue weighted by molar-refractivity contribution is 6.19. The molecule has 0 atom stereocenters. The van der Waals surface area contributed by atoms with Gasteiger partial charge in [-0.15, -0.1) is 0 Å². The molecule has 0 unspecified atom stereocenters. The second-order valence-electron chi connectivity index (χ2n) is 4.73. The Labute approximate surface area is 103 Å². The van der Waals surface area contributed by atoms with Gasteiger partial charge in [-0.2, -0.15) is 0 Å². The Bertz CT molecular complexity index is 389. The van der Waals surface area contributed by atoms with Crippen molar-refractivity contribution < 1.29 is 9.59 Å². The second kappa shape index (κ2) is 5.80. The van der Waals surface area contributed by atoms with Crippen molar-refractivity contribution in [1.82, 2.24) is 4.90 Å². The van der Waals surface area contributed by atoms with Gasteiger partial charge in [-0.05, 0) is 50.7 Å². The fourth-order valence-electron chi connectivity index (χ4n) is 2.14. The SMILES string of the molecule is CC(=O)C(C(=O)N(C)C)=C(C)C1=CCCCC1. The van der Waals surface area contributed by atoms with Gasteiger partial charge in [0.1, 0.15) is 0 Å². The van der Waals surface area contributed by atoms with Gasteiger partial charge in [-0.1, -0.05) is 6.08 Å². The third-order valence-corrected chi connectivity index (χ3v) is 3.12. The van der Waals surface area contributed by atoms with E-state index < -0.39 is 0 Å². The first-order valence-corrected chi connectivity index (χ1v) is 6.08. The van der Waals surface area contributed by atoms with Gasteiger partial charge in [0.2, 0.25) is 0 Å². The summed E-state index contributed by atoms with van der Waals surface area (Å²) >= 11 is 0. The molecule has 0 saturated carbocycles. The summed E-state index contributed by atoms with van der Waals surface area (Å²) < 4.78 is 0. The number of hydrogen-bond donors (Lipinski definition) is 0. The van der Waals surface area contributed by atoms with E-state index in [1.54, 1.807) is 14.1 Å². The molecule has 1 aliphatic carbocycles. The minimum atomic E-state index is -0.193. The number of allylic oxidation sites excluding steroid dienone is 3. The number of carbonyl (C=O) groups is 2. The van der Waals surface area contributed by atoms with Gasteiger partial charge >= 0.3 is 0 Å². The fraction of sp³-hybridized carbons (Fsp3) is 0.571. The van der Waals surface area contributed by atoms with Gasteiger partial charge in [-0.3, -0.25) is 9.59 Å². The Morgan fingerprint density at radius 3 is 2.24 bits per heavy atom. The van der Waals surface area contributed by atoms with Crippen molar-refractivity contribution in [3.8, 4) is 0 Å². The first-order chi connectivity index (χ1) is 7.95. The smallest absolute Gasteiger partial charge is 0.257 e. The van der Waals surface area contributed by atoms with E-state index in [0.29, 0.717) is 5.57 Å². The molecule has 0 aliphatic heterocycles. The van der Waals surface area contributed by atoms with Crippen molar-refractivity contribution in [2.75, 3.05) is 14.1 Å². The van der Waals surface area contributed by atoms with Crippen LogP contribution >= 0.6 is 0 Å². The summed E-state index contributed by atoms with van der Waals surface area (Å²) in [5.74, 6) is -0.339. The van der Waals surface area contributed by atoms with Crippen molar-refractivity contribution in [2.45, 2.75) is 39.5 Å². The maximum absolute atomic E-state index is 12.0. The fourth-order valence-corrected chi connectivity index (χ4v) is 2.14. The Balaban J connectivity index is 3.14. The summed E-state index contributed by atoms with van der Waals surface area (Å²) in [6, 6.07) is 0. The van der Waals surface area contributed by atoms with E-state index in [-0.39, 0.29) is 11.7 Å². The maximum atomic E-state index is 12.0. The lowest BCUT2D eigenvalue weighted by Gasteiger charge is -2.18. The summed E-state index contributed by atoms with van der Waals surface area (Å²) in [5.41, 5.74) is 2.36. The highest BCUT2D eigenvalue weighted by atomic mass is 16.2. The van der Waals surface area contributed by atoms with Crippen LogP contribution in [0.3, 0.4) is 0 Å². The van der Waals surface area contributed by atoms with E-state index in [0.717, 1.165) is 30.4 Å². The Morgan fingerprint density at radius 1 is 1.18 bits per heavy atom. The molecule has 1 rings (SSSR count). The molecular formula is C14H21NO2. The van der Waals surface area contributed by atoms with Crippen LogP contribution in [0.5, 0.6) is 0 Å². The average Bonchev–Trinajstić information content (AvgIpc) is 2.29. The predicted molar refractivity (Wildman–Crippen MR) is 68.6 cm³/mol. The number of carbonyl (C=O) groups excluding carboxylic acids is 2. The largest absolute Gasteiger partial charge is 0.345 e. The predicted octanol–water partition coefficient (Wildman–Crippen LogP) is 2.48. The lowest BCUT2D eigenvalue weighted by atomic mass is 9.90. The van der Waals surface area contributed by atoms with Crippen LogP contribution in [0.25, 0.3) is 0 Å². The van der Waals surface area contributed by atoms with Crippen LogP contribution in [-0.2, 0) is 9.59 Å². The molecule has 0 aromatic rings. The lowest BCUT2D eigenvalue weighted by Crippen LogP contribution is -2.27. The van der Waals surface area contributed by atoms with Crippen LogP contribution in [0.2, 0.25) is 0 Å². The van der Waals surface area contributed by atoms with Crippen molar-refractivity contribution in [1.29, 1.82) is 0 Å². The summed E-state index contributed by atoms with van der Waals surface area (Å²) in [6.07, 6.45) is 6.53. The monoisotopic (exact) mass is 235 g/mol. The van der Waals surface area contributed by atoms with Crippen LogP contribution < -0.4 is 0 Å². The molecule has 0 spiro atoms. The summed E-state index contributed by atoms with van der Waals surface area (Å²) in [4.78, 5) is 25.1. The van der Waals surface area contributed by atoms with E-state index >= 15 is 0 Å². The zero-order valence-electron chi connectivity index (χ0n) is 11.2. The molecule has 0 heterocycles. The molecule has 3 heteroatoms. The van der Waals surface area contributed by atoms with Gasteiger partial charge in [0.15, 0.2) is 5.78 Å². The molecule has 1 amide bonds. The summed E-state index contributed by atoms with van der Waals surface area (Å²) in [6.45, 7) is 3.35. The Hall–Kier alpha value is -1.38. The molecule has 0 N–H and O–H groups in total. The van der Waals surface area contributed by atoms with Crippen molar-refractivity contribution in [3.05, 3.63) is 22.8 Å². The lowest BCUT2D eigenvalue weighted by molar-refractivity contribution is -0.127. The van der Waals surface area contributed by atoms with Crippen LogP contribution in [0, 0.1) is 0 Å². The molecule has 0 fully saturated rings. The van der Waals surface area contributed by atoms with Crippen LogP contribution in [0.4, 0.5) is 0 Å². The molecule has 0 radical (unpaired) electrons. The first-order valence-electron chi connectivity index (χ1n) is 6.08. The Kier molecular flexibility index (Phi) is 4.67. The minimum absolute atomic E-state index is 0.146. The van der Waals surface area contributed by atoms with E-state index in [2.05, 4.69) is 6.08 Å². The van der Waals surface area contributed by atoms with Crippen LogP contribution in [-0.4, -0.2) is 30.7 Å². The van der Waals surface area contributed by atoms with E-state index in [1.165, 1.54) is 18.2 Å². The van der Waals surface area contributed by atoms with E-state index in [1.807, 2.05) is 6.92 Å². The number of Topliss-reactive ketones (excluding diaryl/α,β-unsaturated/α-hetero) is 1. The molecule has 0 aromatic heterocycles. The molecule has 94 valence electrons. The third kappa shape index (κ3) is 3.29. The van der Waals surface area contributed by atoms with Gasteiger partial charge in [0.05, 0.1) is 5.57 Å². The maximum Gasteiger partial charge on any atom is 0.257 e. The van der Waals surface area contributed by atoms with Crippen LogP contribution in [0.15, 0.2) is 22.8 Å². The average molecular weight is 235 g/mol. The second-order valence-corrected chi connectivity index (χ2v) is 4.73. The van der Waals surface area contributed by atoms with Crippen LogP contribution in [0.1, 0.15) is 39.5 Å². The van der Waals surface area contributed by atoms with Crippen molar-refractivity contribution in [2.24, 2.45) is 0 Å². The zero-order valence-corrected chi connectivity index (χ0v) is 11.2. The zero-order chi connectivity index (χ0) is 13.0. The number of ketones is 1. The first kappa shape index (κ1) is 13.7. The minimum Gasteiger partial charge on any atom is -0.345 e. The highest BCUT2D eigenvalue weighted by Gasteiger charge is 2.21. The molecule has 0 aromatic carbocycles. The standard InChI is InChI=1S/C14H21NO2/c1-10(12-8-6-5-7-9-12)13(11(2)16)14(17)15(3)4/h8H,5-7,9H2,1-4H3. The molecule has 3 nitrogen and oxygen atoms in total. The highest BCUT2D eigenvalue weighted by Crippen LogP contribution is 2.26. The van der Waals surface area contributed by atoms with Crippen molar-refractivity contribution >= 4 is 11.7 Å². The van der Waals surface area contributed by atoms with Gasteiger partial charge < -0.3 is 4.90 Å². The summed E-state index contributed by atoms with van der Waals surface area (Å²) in [7, 11) is 3.35. The van der Waals surface area contributed by atoms with Gasteiger partial charge in [0.25, 0.3) is 5.91 Å². The topological polar surface area (TPSA) is 37.4 Å². The molecule has 17 heavy (non-hydrogen) atoms. The molecule has 0 saturated heterocycles. The number of amides is 1. The number of hydrogen-bond acceptors (Lipinski definition) is 2. The quantitative estimate of drug-likeness (QED) is 0.428. The number of rotatable bonds is 3. The van der Waals surface area contributed by atoms with Gasteiger partial charge in [0, 0.05) is 14.1 Å². The van der Waals surface area contributed by atoms with E-state index in [9.17, 15) is 9.59 Å². The molecule has 1 aliphatic rings.